The van der Waals surface area contributed by atoms with E-state index in [0.717, 1.165) is 18.4 Å². The molecule has 0 spiro atoms. The van der Waals surface area contributed by atoms with E-state index in [1.54, 1.807) is 13.2 Å². The van der Waals surface area contributed by atoms with E-state index in [4.69, 9.17) is 4.74 Å². The third-order valence-corrected chi connectivity index (χ3v) is 4.01. The summed E-state index contributed by atoms with van der Waals surface area (Å²) in [6.07, 6.45) is 2.31. The molecule has 0 saturated heterocycles. The van der Waals surface area contributed by atoms with Gasteiger partial charge in [0.25, 0.3) is 0 Å². The molecular weight excluding hydrogens is 248 g/mol. The summed E-state index contributed by atoms with van der Waals surface area (Å²) in [7, 11) is 3.56. The maximum atomic E-state index is 13.2. The largest absolute Gasteiger partial charge is 0.377 e. The summed E-state index contributed by atoms with van der Waals surface area (Å²) in [6.45, 7) is 4.14. The first kappa shape index (κ1) is 16.1. The molecule has 2 nitrogen and oxygen atoms in total. The Bertz CT molecular complexity index is 397. The highest BCUT2D eigenvalue weighted by Gasteiger charge is 2.34. The second kappa shape index (κ2) is 6.96. The Labute approximate surface area is 114 Å². The standard InChI is InChI=1S/C15H23F2NO/c1-5-15(6-2,19-4)14(18-3)10-11-7-8-12(16)13(17)9-11/h7-9,14,18H,5-6,10H2,1-4H3. The molecule has 108 valence electrons. The Morgan fingerprint density at radius 1 is 1.21 bits per heavy atom. The van der Waals surface area contributed by atoms with Gasteiger partial charge >= 0.3 is 0 Å². The van der Waals surface area contributed by atoms with Crippen LogP contribution in [-0.2, 0) is 11.2 Å². The van der Waals surface area contributed by atoms with Gasteiger partial charge in [-0.05, 0) is 44.0 Å². The first-order chi connectivity index (χ1) is 9.02. The minimum Gasteiger partial charge on any atom is -0.377 e. The molecule has 0 radical (unpaired) electrons. The molecule has 0 amide bonds. The molecule has 1 atom stereocenters. The predicted octanol–water partition coefficient (Wildman–Crippen LogP) is 3.30. The zero-order valence-electron chi connectivity index (χ0n) is 12.1. The van der Waals surface area contributed by atoms with E-state index < -0.39 is 11.6 Å². The Morgan fingerprint density at radius 3 is 2.26 bits per heavy atom. The zero-order chi connectivity index (χ0) is 14.5. The van der Waals surface area contributed by atoms with Gasteiger partial charge in [-0.25, -0.2) is 8.78 Å². The number of hydrogen-bond acceptors (Lipinski definition) is 2. The van der Waals surface area contributed by atoms with Crippen LogP contribution in [0.2, 0.25) is 0 Å². The summed E-state index contributed by atoms with van der Waals surface area (Å²) < 4.78 is 31.9. The molecule has 1 aromatic rings. The van der Waals surface area contributed by atoms with Gasteiger partial charge in [0, 0.05) is 13.2 Å². The van der Waals surface area contributed by atoms with Crippen LogP contribution >= 0.6 is 0 Å². The highest BCUT2D eigenvalue weighted by molar-refractivity contribution is 5.20. The van der Waals surface area contributed by atoms with E-state index in [9.17, 15) is 8.78 Å². The average molecular weight is 271 g/mol. The molecule has 0 aromatic heterocycles. The van der Waals surface area contributed by atoms with E-state index in [0.29, 0.717) is 6.42 Å². The first-order valence-corrected chi connectivity index (χ1v) is 6.69. The number of ether oxygens (including phenoxy) is 1. The van der Waals surface area contributed by atoms with Crippen LogP contribution in [0.4, 0.5) is 8.78 Å². The second-order valence-corrected chi connectivity index (χ2v) is 4.77. The zero-order valence-corrected chi connectivity index (χ0v) is 12.1. The van der Waals surface area contributed by atoms with Gasteiger partial charge in [0.15, 0.2) is 11.6 Å². The number of hydrogen-bond donors (Lipinski definition) is 1. The summed E-state index contributed by atoms with van der Waals surface area (Å²) >= 11 is 0. The van der Waals surface area contributed by atoms with Crippen molar-refractivity contribution in [3.8, 4) is 0 Å². The molecular formula is C15H23F2NO. The number of benzene rings is 1. The van der Waals surface area contributed by atoms with Crippen molar-refractivity contribution in [1.29, 1.82) is 0 Å². The van der Waals surface area contributed by atoms with Gasteiger partial charge in [-0.2, -0.15) is 0 Å². The van der Waals surface area contributed by atoms with Crippen molar-refractivity contribution in [2.24, 2.45) is 0 Å². The monoisotopic (exact) mass is 271 g/mol. The van der Waals surface area contributed by atoms with Crippen LogP contribution in [0.3, 0.4) is 0 Å². The molecule has 1 rings (SSSR count). The molecule has 1 N–H and O–H groups in total. The van der Waals surface area contributed by atoms with Gasteiger partial charge in [0.2, 0.25) is 0 Å². The number of halogens is 2. The Balaban J connectivity index is 2.95. The van der Waals surface area contributed by atoms with Crippen molar-refractivity contribution in [3.63, 3.8) is 0 Å². The number of methoxy groups -OCH3 is 1. The smallest absolute Gasteiger partial charge is 0.159 e. The molecule has 0 fully saturated rings. The SMILES string of the molecule is CCC(CC)(OC)C(Cc1ccc(F)c(F)c1)NC. The Morgan fingerprint density at radius 2 is 1.84 bits per heavy atom. The van der Waals surface area contributed by atoms with Gasteiger partial charge in [0.1, 0.15) is 0 Å². The van der Waals surface area contributed by atoms with Gasteiger partial charge < -0.3 is 10.1 Å². The summed E-state index contributed by atoms with van der Waals surface area (Å²) in [5.41, 5.74) is 0.473. The summed E-state index contributed by atoms with van der Waals surface area (Å²) in [6, 6.07) is 4.10. The molecule has 0 bridgehead atoms. The van der Waals surface area contributed by atoms with Crippen LogP contribution in [0, 0.1) is 11.6 Å². The molecule has 1 aromatic carbocycles. The minimum absolute atomic E-state index is 0.0531. The third kappa shape index (κ3) is 3.51. The molecule has 4 heteroatoms. The van der Waals surface area contributed by atoms with E-state index in [2.05, 4.69) is 19.2 Å². The summed E-state index contributed by atoms with van der Waals surface area (Å²) in [4.78, 5) is 0. The van der Waals surface area contributed by atoms with Gasteiger partial charge in [-0.1, -0.05) is 19.9 Å². The fourth-order valence-electron chi connectivity index (χ4n) is 2.63. The Hall–Kier alpha value is -1.00. The summed E-state index contributed by atoms with van der Waals surface area (Å²) in [5, 5.41) is 3.24. The lowest BCUT2D eigenvalue weighted by molar-refractivity contribution is -0.0454. The molecule has 0 saturated carbocycles. The maximum Gasteiger partial charge on any atom is 0.159 e. The lowest BCUT2D eigenvalue weighted by atomic mass is 9.84. The minimum atomic E-state index is -0.811. The maximum absolute atomic E-state index is 13.2. The Kier molecular flexibility index (Phi) is 5.88. The third-order valence-electron chi connectivity index (χ3n) is 4.01. The molecule has 0 aliphatic carbocycles. The van der Waals surface area contributed by atoms with Crippen molar-refractivity contribution < 1.29 is 13.5 Å². The molecule has 0 heterocycles. The van der Waals surface area contributed by atoms with Crippen LogP contribution in [0.5, 0.6) is 0 Å². The average Bonchev–Trinajstić information content (AvgIpc) is 2.43. The van der Waals surface area contributed by atoms with E-state index in [-0.39, 0.29) is 11.6 Å². The molecule has 19 heavy (non-hydrogen) atoms. The van der Waals surface area contributed by atoms with Crippen LogP contribution < -0.4 is 5.32 Å². The van der Waals surface area contributed by atoms with Crippen LogP contribution in [0.25, 0.3) is 0 Å². The number of rotatable bonds is 7. The van der Waals surface area contributed by atoms with Gasteiger partial charge in [-0.3, -0.25) is 0 Å². The van der Waals surface area contributed by atoms with Crippen molar-refractivity contribution in [2.45, 2.75) is 44.8 Å². The van der Waals surface area contributed by atoms with Crippen LogP contribution in [-0.4, -0.2) is 25.8 Å². The van der Waals surface area contributed by atoms with Crippen molar-refractivity contribution in [2.75, 3.05) is 14.2 Å². The lowest BCUT2D eigenvalue weighted by Crippen LogP contribution is -2.51. The topological polar surface area (TPSA) is 21.3 Å². The first-order valence-electron chi connectivity index (χ1n) is 6.69. The van der Waals surface area contributed by atoms with Gasteiger partial charge in [-0.15, -0.1) is 0 Å². The second-order valence-electron chi connectivity index (χ2n) is 4.77. The highest BCUT2D eigenvalue weighted by Crippen LogP contribution is 2.26. The van der Waals surface area contributed by atoms with Crippen LogP contribution in [0.15, 0.2) is 18.2 Å². The van der Waals surface area contributed by atoms with E-state index >= 15 is 0 Å². The lowest BCUT2D eigenvalue weighted by Gasteiger charge is -2.38. The van der Waals surface area contributed by atoms with Crippen LogP contribution in [0.1, 0.15) is 32.3 Å². The number of nitrogens with one attached hydrogen (secondary N) is 1. The normalized spacial score (nSPS) is 13.6. The van der Waals surface area contributed by atoms with Crippen molar-refractivity contribution in [3.05, 3.63) is 35.4 Å². The van der Waals surface area contributed by atoms with E-state index in [1.807, 2.05) is 7.05 Å². The quantitative estimate of drug-likeness (QED) is 0.821. The van der Waals surface area contributed by atoms with Crippen molar-refractivity contribution in [1.82, 2.24) is 5.32 Å². The van der Waals surface area contributed by atoms with E-state index in [1.165, 1.54) is 12.1 Å². The number of likely N-dealkylation sites (N-methyl/N-ethyl adjacent to an activating group) is 1. The van der Waals surface area contributed by atoms with Gasteiger partial charge in [0.05, 0.1) is 5.60 Å². The fourth-order valence-corrected chi connectivity index (χ4v) is 2.63. The molecule has 0 aliphatic heterocycles. The molecule has 1 unspecified atom stereocenters. The van der Waals surface area contributed by atoms with Crippen molar-refractivity contribution >= 4 is 0 Å². The summed E-state index contributed by atoms with van der Waals surface area (Å²) in [5.74, 6) is -1.61. The fraction of sp³-hybridized carbons (Fsp3) is 0.600. The molecule has 0 aliphatic rings. The predicted molar refractivity (Wildman–Crippen MR) is 73.2 cm³/mol. The highest BCUT2D eigenvalue weighted by atomic mass is 19.2.